The third-order valence-corrected chi connectivity index (χ3v) is 4.93. The largest absolute Gasteiger partial charge is 0.787 e. The highest BCUT2D eigenvalue weighted by atomic mass is 16.5. The van der Waals surface area contributed by atoms with Gasteiger partial charge in [-0.15, -0.1) is 0 Å². The lowest BCUT2D eigenvalue weighted by Crippen LogP contribution is -2.46. The molecular weight excluding hydrogens is 286 g/mol. The van der Waals surface area contributed by atoms with Crippen molar-refractivity contribution >= 4 is 0 Å². The van der Waals surface area contributed by atoms with Crippen molar-refractivity contribution in [3.8, 4) is 0 Å². The standard InChI is InChI=1S/C20H42NO2/c1-4-5-6-7-8-9-10-11-12-13-14-15-16-17-18-19(22)20(2,3)21-23/h19,21-22H,4-18H2,1-3H3/q-1. The van der Waals surface area contributed by atoms with E-state index in [1.165, 1.54) is 83.5 Å². The Morgan fingerprint density at radius 1 is 0.739 bits per heavy atom. The first-order valence-corrected chi connectivity index (χ1v) is 10.1. The van der Waals surface area contributed by atoms with Crippen molar-refractivity contribution in [1.82, 2.24) is 5.48 Å². The van der Waals surface area contributed by atoms with Crippen LogP contribution in [0.5, 0.6) is 0 Å². The summed E-state index contributed by atoms with van der Waals surface area (Å²) in [4.78, 5) is 0. The van der Waals surface area contributed by atoms with Gasteiger partial charge < -0.3 is 15.8 Å². The second kappa shape index (κ2) is 15.4. The summed E-state index contributed by atoms with van der Waals surface area (Å²) in [6.07, 6.45) is 18.9. The van der Waals surface area contributed by atoms with Crippen LogP contribution in [0.4, 0.5) is 0 Å². The Kier molecular flexibility index (Phi) is 15.3. The molecule has 0 amide bonds. The molecule has 140 valence electrons. The van der Waals surface area contributed by atoms with Crippen molar-refractivity contribution < 1.29 is 5.11 Å². The number of aliphatic hydroxyl groups is 1. The fourth-order valence-electron chi connectivity index (χ4n) is 2.96. The molecule has 1 unspecified atom stereocenters. The fraction of sp³-hybridized carbons (Fsp3) is 1.00. The van der Waals surface area contributed by atoms with Crippen molar-refractivity contribution in [3.05, 3.63) is 5.21 Å². The molecule has 0 rings (SSSR count). The van der Waals surface area contributed by atoms with Gasteiger partial charge >= 0.3 is 0 Å². The summed E-state index contributed by atoms with van der Waals surface area (Å²) in [6.45, 7) is 5.79. The predicted molar refractivity (Wildman–Crippen MR) is 102 cm³/mol. The Bertz CT molecular complexity index is 244. The van der Waals surface area contributed by atoms with E-state index in [1.54, 1.807) is 13.8 Å². The topological polar surface area (TPSA) is 55.3 Å². The number of nitrogens with one attached hydrogen (secondary N) is 1. The monoisotopic (exact) mass is 328 g/mol. The maximum absolute atomic E-state index is 10.7. The van der Waals surface area contributed by atoms with Gasteiger partial charge in [0.1, 0.15) is 0 Å². The molecule has 3 nitrogen and oxygen atoms in total. The van der Waals surface area contributed by atoms with Gasteiger partial charge in [-0.3, -0.25) is 0 Å². The fourth-order valence-corrected chi connectivity index (χ4v) is 2.96. The average Bonchev–Trinajstić information content (AvgIpc) is 2.54. The molecule has 23 heavy (non-hydrogen) atoms. The number of hydrogen-bond donors (Lipinski definition) is 2. The zero-order chi connectivity index (χ0) is 17.4. The van der Waals surface area contributed by atoms with E-state index in [2.05, 4.69) is 6.92 Å². The van der Waals surface area contributed by atoms with Gasteiger partial charge in [-0.05, 0) is 20.3 Å². The summed E-state index contributed by atoms with van der Waals surface area (Å²) in [5, 5.41) is 20.6. The maximum Gasteiger partial charge on any atom is 0.0707 e. The van der Waals surface area contributed by atoms with E-state index in [0.29, 0.717) is 0 Å². The molecule has 0 aromatic heterocycles. The summed E-state index contributed by atoms with van der Waals surface area (Å²) in [7, 11) is 0. The lowest BCUT2D eigenvalue weighted by molar-refractivity contribution is 0.0783. The Labute approximate surface area is 145 Å². The van der Waals surface area contributed by atoms with E-state index in [1.807, 2.05) is 5.48 Å². The van der Waals surface area contributed by atoms with Crippen LogP contribution in [-0.2, 0) is 0 Å². The number of unbranched alkanes of at least 4 members (excludes halogenated alkanes) is 13. The molecule has 0 aromatic carbocycles. The summed E-state index contributed by atoms with van der Waals surface area (Å²) >= 11 is 0. The molecule has 0 radical (unpaired) electrons. The van der Waals surface area contributed by atoms with E-state index < -0.39 is 11.6 Å². The number of hydroxylamine groups is 1. The molecule has 0 saturated carbocycles. The predicted octanol–water partition coefficient (Wildman–Crippen LogP) is 6.08. The summed E-state index contributed by atoms with van der Waals surface area (Å²) < 4.78 is 0. The first kappa shape index (κ1) is 22.9. The first-order chi connectivity index (χ1) is 11.0. The third-order valence-electron chi connectivity index (χ3n) is 4.93. The second-order valence-electron chi connectivity index (χ2n) is 7.72. The van der Waals surface area contributed by atoms with Crippen LogP contribution in [0, 0.1) is 5.21 Å². The van der Waals surface area contributed by atoms with Crippen LogP contribution in [0.2, 0.25) is 0 Å². The first-order valence-electron chi connectivity index (χ1n) is 10.1. The van der Waals surface area contributed by atoms with E-state index in [-0.39, 0.29) is 0 Å². The van der Waals surface area contributed by atoms with E-state index in [4.69, 9.17) is 0 Å². The van der Waals surface area contributed by atoms with Gasteiger partial charge in [0.25, 0.3) is 0 Å². The van der Waals surface area contributed by atoms with Crippen molar-refractivity contribution in [3.63, 3.8) is 0 Å². The molecule has 0 aliphatic carbocycles. The normalized spacial score (nSPS) is 13.4. The van der Waals surface area contributed by atoms with Gasteiger partial charge in [0.2, 0.25) is 0 Å². The highest BCUT2D eigenvalue weighted by Crippen LogP contribution is 2.17. The molecule has 0 aliphatic heterocycles. The van der Waals surface area contributed by atoms with Crippen molar-refractivity contribution in [2.24, 2.45) is 0 Å². The van der Waals surface area contributed by atoms with Gasteiger partial charge in [0.15, 0.2) is 0 Å². The van der Waals surface area contributed by atoms with Crippen molar-refractivity contribution in [2.45, 2.75) is 129 Å². The van der Waals surface area contributed by atoms with Crippen LogP contribution in [0.15, 0.2) is 0 Å². The van der Waals surface area contributed by atoms with Crippen LogP contribution in [0.3, 0.4) is 0 Å². The Balaban J connectivity index is 3.19. The Morgan fingerprint density at radius 3 is 1.43 bits per heavy atom. The lowest BCUT2D eigenvalue weighted by Gasteiger charge is -2.35. The van der Waals surface area contributed by atoms with Crippen LogP contribution < -0.4 is 5.48 Å². The van der Waals surface area contributed by atoms with Crippen molar-refractivity contribution in [2.75, 3.05) is 0 Å². The van der Waals surface area contributed by atoms with Gasteiger partial charge in [0.05, 0.1) is 6.10 Å². The SMILES string of the molecule is CCCCCCCCCCCCCCCCC(O)C(C)(C)N[O-]. The number of aliphatic hydroxyl groups excluding tert-OH is 1. The Morgan fingerprint density at radius 2 is 1.09 bits per heavy atom. The summed E-state index contributed by atoms with van der Waals surface area (Å²) in [5.74, 6) is 0. The minimum atomic E-state index is -0.712. The second-order valence-corrected chi connectivity index (χ2v) is 7.72. The van der Waals surface area contributed by atoms with Gasteiger partial charge in [-0.2, -0.15) is 0 Å². The van der Waals surface area contributed by atoms with Crippen LogP contribution >= 0.6 is 0 Å². The molecule has 1 atom stereocenters. The van der Waals surface area contributed by atoms with Crippen LogP contribution in [0.1, 0.15) is 117 Å². The zero-order valence-corrected chi connectivity index (χ0v) is 16.0. The molecule has 0 fully saturated rings. The highest BCUT2D eigenvalue weighted by molar-refractivity contribution is 4.85. The van der Waals surface area contributed by atoms with E-state index >= 15 is 0 Å². The molecule has 0 aliphatic rings. The average molecular weight is 329 g/mol. The highest BCUT2D eigenvalue weighted by Gasteiger charge is 2.22. The third kappa shape index (κ3) is 14.0. The molecule has 3 heteroatoms. The maximum atomic E-state index is 10.7. The van der Waals surface area contributed by atoms with Gasteiger partial charge in [-0.1, -0.05) is 96.8 Å². The van der Waals surface area contributed by atoms with Gasteiger partial charge in [0, 0.05) is 5.54 Å². The quantitative estimate of drug-likeness (QED) is 0.251. The number of hydrogen-bond acceptors (Lipinski definition) is 3. The zero-order valence-electron chi connectivity index (χ0n) is 16.0. The minimum absolute atomic E-state index is 0.544. The minimum Gasteiger partial charge on any atom is -0.787 e. The number of rotatable bonds is 17. The van der Waals surface area contributed by atoms with Crippen LogP contribution in [-0.4, -0.2) is 16.7 Å². The summed E-state index contributed by atoms with van der Waals surface area (Å²) in [5.41, 5.74) is 1.23. The smallest absolute Gasteiger partial charge is 0.0707 e. The lowest BCUT2D eigenvalue weighted by atomic mass is 9.93. The summed E-state index contributed by atoms with van der Waals surface area (Å²) in [6, 6.07) is 0. The van der Waals surface area contributed by atoms with Crippen molar-refractivity contribution in [1.29, 1.82) is 0 Å². The molecular formula is C20H42NO2-. The van der Waals surface area contributed by atoms with Gasteiger partial charge in [-0.25, -0.2) is 0 Å². The molecule has 2 N–H and O–H groups in total. The molecule has 0 spiro atoms. The Hall–Kier alpha value is -0.120. The van der Waals surface area contributed by atoms with E-state index in [9.17, 15) is 10.3 Å². The molecule has 0 aromatic rings. The van der Waals surface area contributed by atoms with E-state index in [0.717, 1.165) is 12.8 Å². The molecule has 0 saturated heterocycles. The molecule has 0 bridgehead atoms. The molecule has 0 heterocycles. The van der Waals surface area contributed by atoms with Crippen LogP contribution in [0.25, 0.3) is 0 Å².